The van der Waals surface area contributed by atoms with Crippen LogP contribution >= 0.6 is 0 Å². The molecule has 1 fully saturated rings. The minimum absolute atomic E-state index is 0.0358. The number of alkyl halides is 3. The van der Waals surface area contributed by atoms with Crippen LogP contribution < -0.4 is 15.4 Å². The minimum Gasteiger partial charge on any atom is -0.504 e. The summed E-state index contributed by atoms with van der Waals surface area (Å²) in [6, 6.07) is -0.519. The van der Waals surface area contributed by atoms with Gasteiger partial charge in [0.2, 0.25) is 11.7 Å². The molecule has 0 spiro atoms. The lowest BCUT2D eigenvalue weighted by atomic mass is 9.71. The van der Waals surface area contributed by atoms with E-state index >= 15 is 0 Å². The summed E-state index contributed by atoms with van der Waals surface area (Å²) in [5, 5.41) is 26.1. The number of nitriles is 1. The van der Waals surface area contributed by atoms with E-state index < -0.39 is 65.9 Å². The van der Waals surface area contributed by atoms with Crippen LogP contribution in [0.15, 0.2) is 28.5 Å². The predicted octanol–water partition coefficient (Wildman–Crippen LogP) is 1.46. The maximum Gasteiger partial charge on any atom is 0.471 e. The Morgan fingerprint density at radius 1 is 1.13 bits per heavy atom. The number of phenols is 1. The fourth-order valence-electron chi connectivity index (χ4n) is 7.22. The summed E-state index contributed by atoms with van der Waals surface area (Å²) in [6.07, 6.45) is -6.49. The second-order valence-electron chi connectivity index (χ2n) is 11.6. The van der Waals surface area contributed by atoms with E-state index in [-0.39, 0.29) is 40.4 Å². The molecule has 0 radical (unpaired) electrons. The number of ketones is 2. The molecule has 5 rings (SSSR count). The first-order valence-electron chi connectivity index (χ1n) is 14.1. The van der Waals surface area contributed by atoms with Crippen LogP contribution in [0.2, 0.25) is 0 Å². The third-order valence-corrected chi connectivity index (χ3v) is 9.22. The number of likely N-dealkylation sites (N-methyl/N-ethyl adjacent to an activating group) is 1. The minimum atomic E-state index is -5.25. The second-order valence-corrected chi connectivity index (χ2v) is 11.6. The van der Waals surface area contributed by atoms with Crippen LogP contribution in [-0.2, 0) is 30.3 Å². The highest BCUT2D eigenvalue weighted by molar-refractivity contribution is 6.25. The summed E-state index contributed by atoms with van der Waals surface area (Å²) < 4.78 is 49.6. The van der Waals surface area contributed by atoms with Crippen LogP contribution in [0.1, 0.15) is 43.0 Å². The SMILES string of the molecule is COC1=C(C)C(=O)C2=C(C1=O)[C@H](NC(=O)[C@H](C)NC(=O)C(F)(F)F)N1C(C2)[C@@H]2c3c(cc(C)c(OC)c3O)C[C@H]([C@@H]1C#N)N2C. The number of halogens is 3. The third kappa shape index (κ3) is 4.83. The molecule has 0 saturated carbocycles. The Hall–Kier alpha value is -4.42. The van der Waals surface area contributed by atoms with E-state index in [1.807, 2.05) is 11.0 Å². The van der Waals surface area contributed by atoms with Gasteiger partial charge in [-0.05, 0) is 51.8 Å². The van der Waals surface area contributed by atoms with Crippen molar-refractivity contribution in [1.82, 2.24) is 20.4 Å². The number of phenolic OH excluding ortho intramolecular Hbond substituents is 1. The first kappa shape index (κ1) is 32.0. The van der Waals surface area contributed by atoms with Crippen LogP contribution in [0, 0.1) is 18.3 Å². The van der Waals surface area contributed by atoms with Gasteiger partial charge in [0.25, 0.3) is 0 Å². The van der Waals surface area contributed by atoms with Crippen molar-refractivity contribution >= 4 is 23.4 Å². The van der Waals surface area contributed by atoms with Gasteiger partial charge < -0.3 is 25.2 Å². The number of methoxy groups -OCH3 is 2. The predicted molar refractivity (Wildman–Crippen MR) is 149 cm³/mol. The van der Waals surface area contributed by atoms with Gasteiger partial charge >= 0.3 is 12.1 Å². The molecule has 1 unspecified atom stereocenters. The summed E-state index contributed by atoms with van der Waals surface area (Å²) in [4.78, 5) is 56.0. The van der Waals surface area contributed by atoms with Crippen molar-refractivity contribution in [2.75, 3.05) is 21.3 Å². The van der Waals surface area contributed by atoms with Crippen LogP contribution in [0.5, 0.6) is 11.5 Å². The van der Waals surface area contributed by atoms with Crippen molar-refractivity contribution in [2.24, 2.45) is 0 Å². The molecule has 3 aliphatic heterocycles. The summed E-state index contributed by atoms with van der Waals surface area (Å²) in [6.45, 7) is 4.24. The van der Waals surface area contributed by atoms with Gasteiger partial charge in [0, 0.05) is 34.4 Å². The zero-order chi connectivity index (χ0) is 33.3. The number of allylic oxidation sites excluding steroid dienone is 2. The van der Waals surface area contributed by atoms with Crippen molar-refractivity contribution in [3.05, 3.63) is 45.2 Å². The van der Waals surface area contributed by atoms with Crippen molar-refractivity contribution in [3.8, 4) is 17.6 Å². The number of hydrogen-bond donors (Lipinski definition) is 3. The number of aryl methyl sites for hydroxylation is 1. The fraction of sp³-hybridized carbons (Fsp3) is 0.500. The van der Waals surface area contributed by atoms with Crippen LogP contribution in [0.3, 0.4) is 0 Å². The molecule has 2 bridgehead atoms. The number of Topliss-reactive ketones (excluding diaryl/α,β-unsaturated/α-hetero) is 2. The molecule has 3 heterocycles. The number of hydrogen-bond acceptors (Lipinski definition) is 10. The van der Waals surface area contributed by atoms with Gasteiger partial charge in [0.05, 0.1) is 26.3 Å². The molecule has 240 valence electrons. The zero-order valence-corrected chi connectivity index (χ0v) is 25.3. The number of aromatic hydroxyl groups is 1. The third-order valence-electron chi connectivity index (χ3n) is 9.22. The Labute approximate surface area is 256 Å². The van der Waals surface area contributed by atoms with E-state index in [1.165, 1.54) is 21.1 Å². The summed E-state index contributed by atoms with van der Waals surface area (Å²) in [5.74, 6) is -4.81. The number of rotatable bonds is 5. The monoisotopic (exact) mass is 631 g/mol. The van der Waals surface area contributed by atoms with E-state index in [0.29, 0.717) is 17.5 Å². The fourth-order valence-corrected chi connectivity index (χ4v) is 7.22. The number of carbonyl (C=O) groups is 4. The number of nitrogens with zero attached hydrogens (tertiary/aromatic N) is 3. The first-order chi connectivity index (χ1) is 21.1. The van der Waals surface area contributed by atoms with Crippen molar-refractivity contribution in [1.29, 1.82) is 5.26 Å². The average molecular weight is 632 g/mol. The van der Waals surface area contributed by atoms with Gasteiger partial charge in [-0.15, -0.1) is 0 Å². The molecule has 1 aromatic rings. The van der Waals surface area contributed by atoms with E-state index in [4.69, 9.17) is 9.47 Å². The molecule has 0 aromatic heterocycles. The molecule has 12 nitrogen and oxygen atoms in total. The number of fused-ring (bicyclic) bond motifs is 6. The highest BCUT2D eigenvalue weighted by atomic mass is 19.4. The standard InChI is InChI=1S/C30H32F3N5O7/c1-11-7-14-8-16-18(10-34)38-17(21(37(16)4)19(14)23(40)25(11)44-5)9-15-20(24(41)26(45-6)12(2)22(15)39)27(38)36-28(42)13(3)35-29(43)30(31,32)33/h7,13,16-18,21,27,40H,8-9H2,1-6H3,(H,35,43)(H,36,42)/t13-,16+,17?,18-,21+,27+/m0/s1. The lowest BCUT2D eigenvalue weighted by Crippen LogP contribution is -2.73. The van der Waals surface area contributed by atoms with Gasteiger partial charge in [0.15, 0.2) is 23.0 Å². The molecular formula is C30H32F3N5O7. The number of ether oxygens (including phenoxy) is 2. The highest BCUT2D eigenvalue weighted by Gasteiger charge is 2.58. The average Bonchev–Trinajstić information content (AvgIpc) is 2.96. The van der Waals surface area contributed by atoms with Gasteiger partial charge in [-0.2, -0.15) is 18.4 Å². The molecule has 2 amide bonds. The Balaban J connectivity index is 1.68. The second kappa shape index (κ2) is 11.2. The molecular weight excluding hydrogens is 599 g/mol. The summed E-state index contributed by atoms with van der Waals surface area (Å²) in [5.41, 5.74) is 1.86. The first-order valence-corrected chi connectivity index (χ1v) is 14.1. The van der Waals surface area contributed by atoms with Crippen molar-refractivity contribution < 1.29 is 46.9 Å². The lowest BCUT2D eigenvalue weighted by molar-refractivity contribution is -0.174. The van der Waals surface area contributed by atoms with Crippen molar-refractivity contribution in [2.45, 2.75) is 76.2 Å². The Bertz CT molecular complexity index is 1630. The maximum absolute atomic E-state index is 13.8. The number of piperazine rings is 1. The largest absolute Gasteiger partial charge is 0.504 e. The maximum atomic E-state index is 13.8. The molecule has 1 saturated heterocycles. The van der Waals surface area contributed by atoms with Crippen LogP contribution in [0.25, 0.3) is 0 Å². The zero-order valence-electron chi connectivity index (χ0n) is 25.3. The normalized spacial score (nSPS) is 27.2. The van der Waals surface area contributed by atoms with Gasteiger partial charge in [-0.1, -0.05) is 6.07 Å². The Morgan fingerprint density at radius 3 is 2.38 bits per heavy atom. The topological polar surface area (TPSA) is 161 Å². The highest BCUT2D eigenvalue weighted by Crippen LogP contribution is 2.53. The quantitative estimate of drug-likeness (QED) is 0.406. The van der Waals surface area contributed by atoms with E-state index in [2.05, 4.69) is 11.4 Å². The van der Waals surface area contributed by atoms with Gasteiger partial charge in [-0.3, -0.25) is 29.0 Å². The van der Waals surface area contributed by atoms with E-state index in [1.54, 1.807) is 24.2 Å². The van der Waals surface area contributed by atoms with E-state index in [9.17, 15) is 42.7 Å². The number of carbonyl (C=O) groups excluding carboxylic acids is 4. The molecule has 6 atom stereocenters. The summed E-state index contributed by atoms with van der Waals surface area (Å²) in [7, 11) is 4.40. The molecule has 1 aromatic carbocycles. The smallest absolute Gasteiger partial charge is 0.471 e. The number of nitrogens with one attached hydrogen (secondary N) is 2. The van der Waals surface area contributed by atoms with Crippen molar-refractivity contribution in [3.63, 3.8) is 0 Å². The van der Waals surface area contributed by atoms with Gasteiger partial charge in [-0.25, -0.2) is 0 Å². The molecule has 3 N–H and O–H groups in total. The lowest BCUT2D eigenvalue weighted by Gasteiger charge is -2.60. The van der Waals surface area contributed by atoms with Crippen LogP contribution in [-0.4, -0.2) is 96.1 Å². The number of benzene rings is 1. The molecule has 45 heavy (non-hydrogen) atoms. The Kier molecular flexibility index (Phi) is 7.95. The molecule has 4 aliphatic rings. The molecule has 1 aliphatic carbocycles. The van der Waals surface area contributed by atoms with Gasteiger partial charge in [0.1, 0.15) is 18.2 Å². The number of amides is 2. The van der Waals surface area contributed by atoms with E-state index in [0.717, 1.165) is 12.5 Å². The summed E-state index contributed by atoms with van der Waals surface area (Å²) >= 11 is 0. The Morgan fingerprint density at radius 2 is 1.80 bits per heavy atom. The van der Waals surface area contributed by atoms with Crippen LogP contribution in [0.4, 0.5) is 13.2 Å². The molecule has 15 heteroatoms.